The maximum Gasteiger partial charge on any atom is 0.514 e. The van der Waals surface area contributed by atoms with Crippen LogP contribution in [0.4, 0.5) is 16.2 Å². The summed E-state index contributed by atoms with van der Waals surface area (Å²) in [5, 5.41) is 35.9. The molecule has 0 saturated heterocycles. The van der Waals surface area contributed by atoms with Crippen LogP contribution in [-0.4, -0.2) is 84.3 Å². The van der Waals surface area contributed by atoms with E-state index in [1.807, 2.05) is 13.0 Å². The smallest absolute Gasteiger partial charge is 0.469 e. The monoisotopic (exact) mass is 1030 g/mol. The van der Waals surface area contributed by atoms with Gasteiger partial charge in [0.1, 0.15) is 17.5 Å². The number of hydrogen-bond acceptors (Lipinski definition) is 12. The molecule has 6 saturated carbocycles. The van der Waals surface area contributed by atoms with Gasteiger partial charge in [0, 0.05) is 61.5 Å². The molecule has 6 fully saturated rings. The molecule has 8 aliphatic carbocycles. The number of carbonyl (C=O) groups is 3. The first-order valence-corrected chi connectivity index (χ1v) is 28.2. The number of methoxy groups -OCH3 is 1. The molecule has 0 aliphatic heterocycles. The minimum Gasteiger partial charge on any atom is -0.469 e. The average Bonchev–Trinajstić information content (AvgIpc) is 4.02. The summed E-state index contributed by atoms with van der Waals surface area (Å²) in [7, 11) is 3.52. The van der Waals surface area contributed by atoms with Crippen molar-refractivity contribution in [3.63, 3.8) is 0 Å². The van der Waals surface area contributed by atoms with Crippen molar-refractivity contribution in [3.05, 3.63) is 87.0 Å². The number of anilines is 1. The number of aliphatic hydroxyl groups excluding tert-OH is 1. The molecule has 16 atom stereocenters. The first kappa shape index (κ1) is 53.4. The summed E-state index contributed by atoms with van der Waals surface area (Å²) in [5.41, 5.74) is 4.48. The predicted octanol–water partition coefficient (Wildman–Crippen LogP) is 11.5. The van der Waals surface area contributed by atoms with Gasteiger partial charge in [-0.25, -0.2) is 4.79 Å². The van der Waals surface area contributed by atoms with Crippen LogP contribution in [0, 0.1) is 85.5 Å². The molecule has 0 radical (unpaired) electrons. The van der Waals surface area contributed by atoms with Crippen molar-refractivity contribution in [2.75, 3.05) is 32.2 Å². The van der Waals surface area contributed by atoms with Crippen LogP contribution in [0.3, 0.4) is 0 Å². The molecule has 0 bridgehead atoms. The third-order valence-corrected chi connectivity index (χ3v) is 21.7. The van der Waals surface area contributed by atoms with Crippen LogP contribution < -0.4 is 9.64 Å². The van der Waals surface area contributed by atoms with Crippen LogP contribution in [0.25, 0.3) is 0 Å². The number of hydrogen-bond donors (Lipinski definition) is 2. The van der Waals surface area contributed by atoms with Gasteiger partial charge in [-0.2, -0.15) is 0 Å². The second kappa shape index (κ2) is 20.7. The zero-order chi connectivity index (χ0) is 53.2. The highest BCUT2D eigenvalue weighted by Crippen LogP contribution is 2.70. The molecule has 13 heteroatoms. The van der Waals surface area contributed by atoms with Crippen molar-refractivity contribution in [2.24, 2.45) is 63.6 Å². The molecule has 8 aliphatic rings. The third kappa shape index (κ3) is 9.45. The van der Waals surface area contributed by atoms with E-state index in [0.29, 0.717) is 63.5 Å². The molecular weight excluding hydrogens is 949 g/mol. The molecule has 0 spiro atoms. The molecule has 75 heavy (non-hydrogen) atoms. The van der Waals surface area contributed by atoms with Crippen molar-refractivity contribution in [1.82, 2.24) is 0 Å². The van der Waals surface area contributed by atoms with Crippen molar-refractivity contribution in [3.8, 4) is 17.6 Å². The van der Waals surface area contributed by atoms with E-state index in [9.17, 15) is 34.7 Å². The van der Waals surface area contributed by atoms with Gasteiger partial charge in [0.2, 0.25) is 0 Å². The summed E-state index contributed by atoms with van der Waals surface area (Å²) >= 11 is 0. The Bertz CT molecular complexity index is 2650. The van der Waals surface area contributed by atoms with E-state index in [4.69, 9.17) is 18.9 Å². The van der Waals surface area contributed by atoms with Crippen molar-refractivity contribution in [2.45, 2.75) is 167 Å². The van der Waals surface area contributed by atoms with Gasteiger partial charge in [-0.05, 0) is 196 Å². The van der Waals surface area contributed by atoms with E-state index in [1.165, 1.54) is 53.7 Å². The van der Waals surface area contributed by atoms with Gasteiger partial charge in [-0.1, -0.05) is 51.3 Å². The van der Waals surface area contributed by atoms with Crippen molar-refractivity contribution >= 4 is 29.3 Å². The Morgan fingerprint density at radius 2 is 1.69 bits per heavy atom. The van der Waals surface area contributed by atoms with E-state index >= 15 is 0 Å². The van der Waals surface area contributed by atoms with Gasteiger partial charge < -0.3 is 34.1 Å². The molecule has 0 amide bonds. The lowest BCUT2D eigenvalue weighted by molar-refractivity contribution is -0.384. The van der Waals surface area contributed by atoms with Crippen LogP contribution in [0.15, 0.2) is 71.3 Å². The molecular formula is C62H80N2O11. The molecule has 2 aromatic rings. The number of nitro benzene ring substituents is 1. The van der Waals surface area contributed by atoms with Gasteiger partial charge in [0.15, 0.2) is 5.78 Å². The molecule has 2 aromatic carbocycles. The number of likely N-dealkylation sites (N-methyl/N-ethyl adjacent to an activating group) is 1. The van der Waals surface area contributed by atoms with E-state index in [-0.39, 0.29) is 81.5 Å². The summed E-state index contributed by atoms with van der Waals surface area (Å²) in [5.74, 6) is 8.11. The van der Waals surface area contributed by atoms with Crippen LogP contribution in [0.2, 0.25) is 0 Å². The highest BCUT2D eigenvalue weighted by Gasteiger charge is 2.67. The maximum atomic E-state index is 13.8. The summed E-state index contributed by atoms with van der Waals surface area (Å²) in [6.07, 6.45) is 12.6. The zero-order valence-electron chi connectivity index (χ0n) is 45.3. The summed E-state index contributed by atoms with van der Waals surface area (Å²) in [6.45, 7) is 12.2. The Labute approximate surface area is 443 Å². The van der Waals surface area contributed by atoms with Crippen molar-refractivity contribution < 1.29 is 48.5 Å². The van der Waals surface area contributed by atoms with Crippen LogP contribution in [-0.2, 0) is 23.8 Å². The number of rotatable bonds is 13. The highest BCUT2D eigenvalue weighted by molar-refractivity contribution is 5.93. The lowest BCUT2D eigenvalue weighted by Gasteiger charge is -2.64. The quantitative estimate of drug-likeness (QED) is 0.0640. The number of carbonyl (C=O) groups excluding carboxylic acids is 3. The van der Waals surface area contributed by atoms with Gasteiger partial charge in [0.25, 0.3) is 5.69 Å². The number of ketones is 1. The van der Waals surface area contributed by atoms with Gasteiger partial charge in [0.05, 0.1) is 30.8 Å². The fourth-order valence-electron chi connectivity index (χ4n) is 17.7. The van der Waals surface area contributed by atoms with E-state index < -0.39 is 34.3 Å². The summed E-state index contributed by atoms with van der Waals surface area (Å²) < 4.78 is 23.9. The fraction of sp³-hybridized carbons (Fsp3) is 0.661. The van der Waals surface area contributed by atoms with Crippen LogP contribution in [0.1, 0.15) is 149 Å². The molecule has 10 rings (SSSR count). The van der Waals surface area contributed by atoms with Crippen LogP contribution in [0.5, 0.6) is 5.75 Å². The zero-order valence-corrected chi connectivity index (χ0v) is 45.3. The number of fused-ring (bicyclic) bond motifs is 9. The predicted molar refractivity (Wildman–Crippen MR) is 285 cm³/mol. The Balaban J connectivity index is 0.827. The van der Waals surface area contributed by atoms with Crippen LogP contribution >= 0.6 is 0 Å². The van der Waals surface area contributed by atoms with Gasteiger partial charge in [-0.3, -0.25) is 19.7 Å². The first-order chi connectivity index (χ1) is 35.8. The Kier molecular flexibility index (Phi) is 14.8. The molecule has 404 valence electrons. The number of benzene rings is 2. The molecule has 2 N–H and O–H groups in total. The second-order valence-corrected chi connectivity index (χ2v) is 24.9. The van der Waals surface area contributed by atoms with E-state index in [2.05, 4.69) is 75.7 Å². The number of esters is 1. The molecule has 0 aromatic heterocycles. The Morgan fingerprint density at radius 3 is 2.41 bits per heavy atom. The Morgan fingerprint density at radius 1 is 0.933 bits per heavy atom. The summed E-state index contributed by atoms with van der Waals surface area (Å²) in [4.78, 5) is 51.7. The highest BCUT2D eigenvalue weighted by atomic mass is 16.7. The number of nitro groups is 1. The standard InChI is InChI=1S/C62H80N2O11/c1-8-27-62(69)29-26-50-47-20-12-39-32-43(65)17-21-46(39)56(47)48(36-60(50,62)4)38-10-13-41(14-11-38)63(6)30-31-73-45-25-28-59(3)40(33-45)34-53(75-58(68)74-44-18-15-42(16-19-44)64(70)71)57-51-23-22-49(37(2)9-24-55(67)72-7)61(51,5)54(66)35-52(57)59/h10-11,13-16,18-19,32,37,40,45,47-54,57,66,69H,9,12,17,20-26,28-31,33-36H2,1-7H3/t37-,40+,45+,47?,48-,49?,50?,51+,52+,53-,54+,57+,59+,60+,61-,62+/m1/s1. The number of aliphatic hydroxyl groups is 2. The minimum absolute atomic E-state index is 0.00696. The van der Waals surface area contributed by atoms with Gasteiger partial charge >= 0.3 is 12.1 Å². The van der Waals surface area contributed by atoms with Gasteiger partial charge in [-0.15, -0.1) is 5.92 Å². The number of non-ortho nitro benzene ring substituents is 1. The van der Waals surface area contributed by atoms with E-state index in [1.54, 1.807) is 0 Å². The van der Waals surface area contributed by atoms with E-state index in [0.717, 1.165) is 69.9 Å². The molecule has 13 nitrogen and oxygen atoms in total. The first-order valence-electron chi connectivity index (χ1n) is 28.2. The fourth-order valence-corrected chi connectivity index (χ4v) is 17.7. The number of allylic oxidation sites excluding steroid dienone is 4. The minimum atomic E-state index is -1.02. The second-order valence-electron chi connectivity index (χ2n) is 24.9. The number of nitrogens with zero attached hydrogens (tertiary/aromatic N) is 2. The summed E-state index contributed by atoms with van der Waals surface area (Å²) in [6, 6.07) is 14.4. The maximum absolute atomic E-state index is 13.8. The SMILES string of the molecule is CC#C[C@]1(O)CCC2C3CCC4=CC(=O)CCC4=C3[C@@H](c3ccc(N(C)CCO[C@H]4CC[C@@]5(C)[C@@H](C4)C[C@@H](OC(=O)Oc4ccc([N+](=O)[O-])cc4)[C@@H]4[C@@H]5C[C@H](O)[C@]5(C)C([C@H](C)CCC(=O)OC)CC[C@@H]45)cc3)C[C@@]21C. The molecule has 0 heterocycles. The molecule has 3 unspecified atom stereocenters. The lowest BCUT2D eigenvalue weighted by Crippen LogP contribution is -2.63. The lowest BCUT2D eigenvalue weighted by atomic mass is 9.43. The number of ether oxygens (including phenoxy) is 4. The average molecular weight is 1030 g/mol. The van der Waals surface area contributed by atoms with Crippen molar-refractivity contribution in [1.29, 1.82) is 0 Å². The largest absolute Gasteiger partial charge is 0.514 e. The topological polar surface area (TPSA) is 175 Å². The normalized spacial score (nSPS) is 37.9. The third-order valence-electron chi connectivity index (χ3n) is 21.7. The Hall–Kier alpha value is -5.03.